The molecule has 4 nitrogen and oxygen atoms in total. The molecule has 6 heteroatoms. The quantitative estimate of drug-likeness (QED) is 0.719. The van der Waals surface area contributed by atoms with Crippen LogP contribution < -0.4 is 4.90 Å². The number of carbonyl (C=O) groups is 1. The fourth-order valence-electron chi connectivity index (χ4n) is 3.39. The number of rotatable bonds is 5. The normalized spacial score (nSPS) is 17.3. The SMILES string of the molecule is CCOCC(=O)N1CCN(c2ccc(C)cc2Cl)[C@H](c2ccc(Cl)cc2)C1. The minimum absolute atomic E-state index is 0.00167. The first-order valence-electron chi connectivity index (χ1n) is 9.13. The van der Waals surface area contributed by atoms with Gasteiger partial charge in [0.2, 0.25) is 5.91 Å². The lowest BCUT2D eigenvalue weighted by atomic mass is 10.0. The Bertz CT molecular complexity index is 795. The van der Waals surface area contributed by atoms with Crippen molar-refractivity contribution in [3.63, 3.8) is 0 Å². The van der Waals surface area contributed by atoms with E-state index < -0.39 is 0 Å². The Balaban J connectivity index is 1.90. The average Bonchev–Trinajstić information content (AvgIpc) is 2.66. The number of amides is 1. The van der Waals surface area contributed by atoms with E-state index in [-0.39, 0.29) is 18.6 Å². The molecule has 0 spiro atoms. The smallest absolute Gasteiger partial charge is 0.248 e. The van der Waals surface area contributed by atoms with Crippen LogP contribution >= 0.6 is 23.2 Å². The van der Waals surface area contributed by atoms with E-state index in [9.17, 15) is 4.79 Å². The Labute approximate surface area is 170 Å². The highest BCUT2D eigenvalue weighted by Crippen LogP contribution is 2.36. The fraction of sp³-hybridized carbons (Fsp3) is 0.381. The van der Waals surface area contributed by atoms with Crippen molar-refractivity contribution in [2.24, 2.45) is 0 Å². The van der Waals surface area contributed by atoms with Crippen LogP contribution in [0.2, 0.25) is 10.0 Å². The van der Waals surface area contributed by atoms with Gasteiger partial charge in [-0.1, -0.05) is 41.4 Å². The number of ether oxygens (including phenoxy) is 1. The maximum atomic E-state index is 12.5. The third-order valence-corrected chi connectivity index (χ3v) is 5.38. The Hall–Kier alpha value is -1.75. The minimum Gasteiger partial charge on any atom is -0.372 e. The van der Waals surface area contributed by atoms with E-state index in [1.165, 1.54) is 0 Å². The van der Waals surface area contributed by atoms with Gasteiger partial charge in [0.15, 0.2) is 0 Å². The summed E-state index contributed by atoms with van der Waals surface area (Å²) < 4.78 is 5.31. The van der Waals surface area contributed by atoms with Crippen molar-refractivity contribution in [1.82, 2.24) is 4.90 Å². The van der Waals surface area contributed by atoms with Crippen LogP contribution in [0.1, 0.15) is 24.1 Å². The molecule has 144 valence electrons. The summed E-state index contributed by atoms with van der Waals surface area (Å²) in [6.45, 7) is 6.49. The van der Waals surface area contributed by atoms with E-state index in [0.29, 0.717) is 31.3 Å². The maximum Gasteiger partial charge on any atom is 0.248 e. The first-order chi connectivity index (χ1) is 13.0. The number of carbonyl (C=O) groups excluding carboxylic acids is 1. The largest absolute Gasteiger partial charge is 0.372 e. The molecule has 0 radical (unpaired) electrons. The lowest BCUT2D eigenvalue weighted by molar-refractivity contribution is -0.136. The number of hydrogen-bond acceptors (Lipinski definition) is 3. The van der Waals surface area contributed by atoms with Crippen LogP contribution in [0.25, 0.3) is 0 Å². The molecular formula is C21H24Cl2N2O2. The predicted molar refractivity (Wildman–Crippen MR) is 111 cm³/mol. The molecule has 0 saturated carbocycles. The van der Waals surface area contributed by atoms with Crippen LogP contribution in [0.4, 0.5) is 5.69 Å². The first-order valence-corrected chi connectivity index (χ1v) is 9.89. The third kappa shape index (κ3) is 4.75. The molecule has 1 atom stereocenters. The number of nitrogens with zero attached hydrogens (tertiary/aromatic N) is 2. The van der Waals surface area contributed by atoms with Gasteiger partial charge in [0.05, 0.1) is 16.8 Å². The number of benzene rings is 2. The summed E-state index contributed by atoms with van der Waals surface area (Å²) in [5.74, 6) is 0.0190. The highest BCUT2D eigenvalue weighted by atomic mass is 35.5. The van der Waals surface area contributed by atoms with Crippen molar-refractivity contribution < 1.29 is 9.53 Å². The summed E-state index contributed by atoms with van der Waals surface area (Å²) in [6, 6.07) is 13.9. The Morgan fingerprint density at radius 1 is 1.15 bits per heavy atom. The topological polar surface area (TPSA) is 32.8 Å². The van der Waals surface area contributed by atoms with Crippen LogP contribution in [0.3, 0.4) is 0 Å². The van der Waals surface area contributed by atoms with Gasteiger partial charge in [0, 0.05) is 31.3 Å². The lowest BCUT2D eigenvalue weighted by Crippen LogP contribution is -2.51. The summed E-state index contributed by atoms with van der Waals surface area (Å²) in [6.07, 6.45) is 0. The standard InChI is InChI=1S/C21H24Cl2N2O2/c1-3-27-14-21(26)24-10-11-25(19-9-4-15(2)12-18(19)23)20(13-24)16-5-7-17(22)8-6-16/h4-9,12,20H,3,10-11,13-14H2,1-2H3/t20-/m0/s1. The van der Waals surface area contributed by atoms with Crippen molar-refractivity contribution in [2.75, 3.05) is 37.7 Å². The van der Waals surface area contributed by atoms with E-state index in [1.54, 1.807) is 0 Å². The maximum absolute atomic E-state index is 12.5. The van der Waals surface area contributed by atoms with Crippen LogP contribution in [-0.2, 0) is 9.53 Å². The van der Waals surface area contributed by atoms with Gasteiger partial charge < -0.3 is 14.5 Å². The molecule has 3 rings (SSSR count). The summed E-state index contributed by atoms with van der Waals surface area (Å²) in [5.41, 5.74) is 3.21. The van der Waals surface area contributed by atoms with Gasteiger partial charge >= 0.3 is 0 Å². The van der Waals surface area contributed by atoms with Gasteiger partial charge in [-0.3, -0.25) is 4.79 Å². The third-order valence-electron chi connectivity index (χ3n) is 4.83. The summed E-state index contributed by atoms with van der Waals surface area (Å²) in [7, 11) is 0. The molecule has 1 fully saturated rings. The summed E-state index contributed by atoms with van der Waals surface area (Å²) in [4.78, 5) is 16.6. The highest BCUT2D eigenvalue weighted by molar-refractivity contribution is 6.33. The molecule has 0 bridgehead atoms. The van der Waals surface area contributed by atoms with Gasteiger partial charge in [-0.2, -0.15) is 0 Å². The van der Waals surface area contributed by atoms with E-state index in [4.69, 9.17) is 27.9 Å². The number of aryl methyl sites for hydroxylation is 1. The predicted octanol–water partition coefficient (Wildman–Crippen LogP) is 4.73. The molecule has 0 unspecified atom stereocenters. The Morgan fingerprint density at radius 3 is 2.56 bits per heavy atom. The van der Waals surface area contributed by atoms with Crippen LogP contribution in [-0.4, -0.2) is 43.7 Å². The van der Waals surface area contributed by atoms with Gasteiger partial charge in [-0.15, -0.1) is 0 Å². The molecule has 2 aromatic carbocycles. The second-order valence-corrected chi connectivity index (χ2v) is 7.54. The zero-order valence-corrected chi connectivity index (χ0v) is 17.1. The average molecular weight is 407 g/mol. The highest BCUT2D eigenvalue weighted by Gasteiger charge is 2.31. The molecule has 1 amide bonds. The van der Waals surface area contributed by atoms with Crippen molar-refractivity contribution >= 4 is 34.8 Å². The molecule has 0 N–H and O–H groups in total. The molecule has 27 heavy (non-hydrogen) atoms. The molecule has 1 aliphatic heterocycles. The van der Waals surface area contributed by atoms with Crippen molar-refractivity contribution in [2.45, 2.75) is 19.9 Å². The number of hydrogen-bond donors (Lipinski definition) is 0. The molecule has 2 aromatic rings. The van der Waals surface area contributed by atoms with Crippen LogP contribution in [0.15, 0.2) is 42.5 Å². The first kappa shape index (κ1) is 20.0. The Morgan fingerprint density at radius 2 is 1.89 bits per heavy atom. The zero-order valence-electron chi connectivity index (χ0n) is 15.6. The zero-order chi connectivity index (χ0) is 19.4. The molecule has 0 aromatic heterocycles. The molecular weight excluding hydrogens is 383 g/mol. The van der Waals surface area contributed by atoms with E-state index in [0.717, 1.165) is 21.8 Å². The summed E-state index contributed by atoms with van der Waals surface area (Å²) in [5, 5.41) is 1.42. The molecule has 1 heterocycles. The van der Waals surface area contributed by atoms with Gasteiger partial charge in [-0.25, -0.2) is 0 Å². The van der Waals surface area contributed by atoms with Crippen molar-refractivity contribution in [3.8, 4) is 0 Å². The fourth-order valence-corrected chi connectivity index (χ4v) is 3.86. The molecule has 0 aliphatic carbocycles. The Kier molecular flexibility index (Phi) is 6.64. The van der Waals surface area contributed by atoms with E-state index >= 15 is 0 Å². The van der Waals surface area contributed by atoms with Crippen LogP contribution in [0.5, 0.6) is 0 Å². The van der Waals surface area contributed by atoms with Gasteiger partial charge in [0.25, 0.3) is 0 Å². The number of anilines is 1. The van der Waals surface area contributed by atoms with Gasteiger partial charge in [-0.05, 0) is 49.2 Å². The van der Waals surface area contributed by atoms with Crippen LogP contribution in [0, 0.1) is 6.92 Å². The van der Waals surface area contributed by atoms with E-state index in [2.05, 4.69) is 17.0 Å². The number of piperazine rings is 1. The monoisotopic (exact) mass is 406 g/mol. The van der Waals surface area contributed by atoms with Gasteiger partial charge in [0.1, 0.15) is 6.61 Å². The second-order valence-electron chi connectivity index (χ2n) is 6.69. The van der Waals surface area contributed by atoms with E-state index in [1.807, 2.05) is 49.1 Å². The summed E-state index contributed by atoms with van der Waals surface area (Å²) >= 11 is 12.6. The van der Waals surface area contributed by atoms with Crippen molar-refractivity contribution in [1.29, 1.82) is 0 Å². The molecule has 1 saturated heterocycles. The molecule has 1 aliphatic rings. The second kappa shape index (κ2) is 8.96. The lowest BCUT2D eigenvalue weighted by Gasteiger charge is -2.43. The van der Waals surface area contributed by atoms with Crippen molar-refractivity contribution in [3.05, 3.63) is 63.6 Å². The number of halogens is 2. The minimum atomic E-state index is 0.00167.